The van der Waals surface area contributed by atoms with Gasteiger partial charge in [0.15, 0.2) is 11.9 Å². The van der Waals surface area contributed by atoms with Crippen molar-refractivity contribution in [2.75, 3.05) is 6.61 Å². The summed E-state index contributed by atoms with van der Waals surface area (Å²) in [6, 6.07) is 11.7. The number of imidazole rings is 1. The number of aromatic nitrogens is 5. The van der Waals surface area contributed by atoms with Crippen molar-refractivity contribution in [2.24, 2.45) is 5.73 Å². The van der Waals surface area contributed by atoms with Crippen LogP contribution in [0.25, 0.3) is 33.8 Å². The fourth-order valence-corrected chi connectivity index (χ4v) is 3.76. The summed E-state index contributed by atoms with van der Waals surface area (Å²) in [5.74, 6) is 2.25. The van der Waals surface area contributed by atoms with E-state index in [2.05, 4.69) is 19.7 Å². The van der Waals surface area contributed by atoms with E-state index in [9.17, 15) is 4.79 Å². The number of nitrogens with two attached hydrogens (primary N) is 1. The molecule has 1 amide bonds. The second-order valence-electron chi connectivity index (χ2n) is 7.51. The predicted molar refractivity (Wildman–Crippen MR) is 115 cm³/mol. The van der Waals surface area contributed by atoms with Gasteiger partial charge in [-0.05, 0) is 19.8 Å². The van der Waals surface area contributed by atoms with Crippen molar-refractivity contribution in [3.05, 3.63) is 42.7 Å². The number of amides is 1. The molecule has 1 aliphatic rings. The average molecular weight is 418 g/mol. The van der Waals surface area contributed by atoms with Crippen LogP contribution in [0.15, 0.2) is 42.7 Å². The lowest BCUT2D eigenvalue weighted by Gasteiger charge is -2.18. The molecular formula is C22H22N6O3. The quantitative estimate of drug-likeness (QED) is 0.514. The van der Waals surface area contributed by atoms with Gasteiger partial charge in [-0.3, -0.25) is 9.89 Å². The van der Waals surface area contributed by atoms with Crippen LogP contribution in [-0.4, -0.2) is 43.4 Å². The lowest BCUT2D eigenvalue weighted by Crippen LogP contribution is -2.30. The van der Waals surface area contributed by atoms with Crippen LogP contribution in [0.5, 0.6) is 11.5 Å². The number of hydrogen-bond acceptors (Lipinski definition) is 6. The largest absolute Gasteiger partial charge is 0.491 e. The Kier molecular flexibility index (Phi) is 4.78. The smallest absolute Gasteiger partial charge is 0.258 e. The Labute approximate surface area is 178 Å². The van der Waals surface area contributed by atoms with Crippen molar-refractivity contribution >= 4 is 16.9 Å². The van der Waals surface area contributed by atoms with Crippen molar-refractivity contribution in [3.63, 3.8) is 0 Å². The maximum Gasteiger partial charge on any atom is 0.258 e. The highest BCUT2D eigenvalue weighted by Gasteiger charge is 2.21. The van der Waals surface area contributed by atoms with Gasteiger partial charge in [-0.2, -0.15) is 5.10 Å². The fraction of sp³-hybridized carbons (Fsp3) is 0.273. The topological polar surface area (TPSA) is 121 Å². The molecule has 0 unspecified atom stereocenters. The molecule has 9 heteroatoms. The first-order valence-electron chi connectivity index (χ1n) is 10.2. The minimum absolute atomic E-state index is 0.506. The molecule has 3 N–H and O–H groups in total. The van der Waals surface area contributed by atoms with E-state index in [0.29, 0.717) is 18.1 Å². The van der Waals surface area contributed by atoms with Gasteiger partial charge in [0.05, 0.1) is 12.1 Å². The zero-order valence-electron chi connectivity index (χ0n) is 17.0. The molecule has 0 aliphatic carbocycles. The monoisotopic (exact) mass is 418 g/mol. The van der Waals surface area contributed by atoms with Crippen LogP contribution < -0.4 is 15.2 Å². The molecule has 158 valence electrons. The van der Waals surface area contributed by atoms with Crippen LogP contribution >= 0.6 is 0 Å². The minimum Gasteiger partial charge on any atom is -0.491 e. The second kappa shape index (κ2) is 7.75. The number of benzene rings is 2. The highest BCUT2D eigenvalue weighted by Crippen LogP contribution is 2.37. The van der Waals surface area contributed by atoms with Gasteiger partial charge in [-0.25, -0.2) is 9.97 Å². The lowest BCUT2D eigenvalue weighted by molar-refractivity contribution is -0.123. The first-order chi connectivity index (χ1) is 15.1. The van der Waals surface area contributed by atoms with Gasteiger partial charge in [0.2, 0.25) is 0 Å². The van der Waals surface area contributed by atoms with Gasteiger partial charge < -0.3 is 19.8 Å². The molecule has 2 aromatic heterocycles. The Morgan fingerprint density at radius 2 is 2.03 bits per heavy atom. The third-order valence-electron chi connectivity index (χ3n) is 5.36. The van der Waals surface area contributed by atoms with Gasteiger partial charge in [-0.1, -0.05) is 24.3 Å². The summed E-state index contributed by atoms with van der Waals surface area (Å²) >= 11 is 0. The SMILES string of the molecule is C[C@@H](Oc1cc2c3c(c1)nc(-c1ccc(-c4ncn[nH]4)cc1)n3CCCCO2)C(N)=O. The molecule has 0 bridgehead atoms. The second-order valence-corrected chi connectivity index (χ2v) is 7.51. The van der Waals surface area contributed by atoms with E-state index in [1.807, 2.05) is 36.4 Å². The summed E-state index contributed by atoms with van der Waals surface area (Å²) in [6.07, 6.45) is 2.67. The molecule has 0 radical (unpaired) electrons. The highest BCUT2D eigenvalue weighted by atomic mass is 16.5. The normalized spacial score (nSPS) is 14.5. The number of carbonyl (C=O) groups is 1. The molecule has 0 fully saturated rings. The number of nitrogens with one attached hydrogen (secondary N) is 1. The average Bonchev–Trinajstić information content (AvgIpc) is 3.40. The molecule has 31 heavy (non-hydrogen) atoms. The Morgan fingerprint density at radius 3 is 2.77 bits per heavy atom. The van der Waals surface area contributed by atoms with E-state index in [1.165, 1.54) is 6.33 Å². The summed E-state index contributed by atoms with van der Waals surface area (Å²) in [4.78, 5) is 20.5. The number of rotatable bonds is 5. The first-order valence-corrected chi connectivity index (χ1v) is 10.2. The van der Waals surface area contributed by atoms with E-state index in [0.717, 1.165) is 53.2 Å². The standard InChI is InChI=1S/C22H22N6O3/c1-13(20(23)29)31-16-10-17-19-18(11-16)30-9-3-2-8-28(19)22(26-17)15-6-4-14(5-7-15)21-24-12-25-27-21/h4-7,10-13H,2-3,8-9H2,1H3,(H2,23,29)(H,24,25,27)/t13-/m1/s1. The maximum absolute atomic E-state index is 11.4. The van der Waals surface area contributed by atoms with Crippen LogP contribution in [0.4, 0.5) is 0 Å². The Bertz CT molecular complexity index is 1230. The highest BCUT2D eigenvalue weighted by molar-refractivity contribution is 5.88. The van der Waals surface area contributed by atoms with Gasteiger partial charge in [0, 0.05) is 29.8 Å². The summed E-state index contributed by atoms with van der Waals surface area (Å²) in [7, 11) is 0. The van der Waals surface area contributed by atoms with Crippen LogP contribution in [-0.2, 0) is 11.3 Å². The number of carbonyl (C=O) groups excluding carboxylic acids is 1. The molecule has 0 saturated heterocycles. The van der Waals surface area contributed by atoms with E-state index in [1.54, 1.807) is 6.92 Å². The number of primary amides is 1. The lowest BCUT2D eigenvalue weighted by atomic mass is 10.1. The number of aromatic amines is 1. The third kappa shape index (κ3) is 3.58. The predicted octanol–water partition coefficient (Wildman–Crippen LogP) is 2.91. The van der Waals surface area contributed by atoms with Crippen LogP contribution in [0, 0.1) is 0 Å². The van der Waals surface area contributed by atoms with E-state index < -0.39 is 12.0 Å². The van der Waals surface area contributed by atoms with Gasteiger partial charge in [0.1, 0.15) is 29.2 Å². The molecule has 3 heterocycles. The molecule has 9 nitrogen and oxygen atoms in total. The summed E-state index contributed by atoms with van der Waals surface area (Å²) in [6.45, 7) is 3.08. The van der Waals surface area contributed by atoms with Crippen molar-refractivity contribution in [1.82, 2.24) is 24.7 Å². The van der Waals surface area contributed by atoms with Crippen LogP contribution in [0.1, 0.15) is 19.8 Å². The number of ether oxygens (including phenoxy) is 2. The molecule has 4 aromatic rings. The molecule has 1 atom stereocenters. The minimum atomic E-state index is -0.747. The van der Waals surface area contributed by atoms with Crippen molar-refractivity contribution in [2.45, 2.75) is 32.4 Å². The molecule has 1 aliphatic heterocycles. The molecule has 0 spiro atoms. The fourth-order valence-electron chi connectivity index (χ4n) is 3.76. The zero-order chi connectivity index (χ0) is 21.4. The Hall–Kier alpha value is -3.88. The zero-order valence-corrected chi connectivity index (χ0v) is 17.0. The summed E-state index contributed by atoms with van der Waals surface area (Å²) < 4.78 is 13.9. The van der Waals surface area contributed by atoms with Crippen molar-refractivity contribution < 1.29 is 14.3 Å². The van der Waals surface area contributed by atoms with E-state index in [4.69, 9.17) is 20.2 Å². The third-order valence-corrected chi connectivity index (χ3v) is 5.36. The van der Waals surface area contributed by atoms with Crippen molar-refractivity contribution in [3.8, 4) is 34.3 Å². The van der Waals surface area contributed by atoms with Gasteiger partial charge >= 0.3 is 0 Å². The number of nitrogens with zero attached hydrogens (tertiary/aromatic N) is 4. The first kappa shape index (κ1) is 19.1. The van der Waals surface area contributed by atoms with E-state index in [-0.39, 0.29) is 0 Å². The summed E-state index contributed by atoms with van der Waals surface area (Å²) in [5.41, 5.74) is 8.96. The molecule has 0 saturated carbocycles. The Balaban J connectivity index is 1.60. The molecular weight excluding hydrogens is 396 g/mol. The maximum atomic E-state index is 11.4. The van der Waals surface area contributed by atoms with Crippen molar-refractivity contribution in [1.29, 1.82) is 0 Å². The number of aryl methyl sites for hydroxylation is 1. The molecule has 2 aromatic carbocycles. The summed E-state index contributed by atoms with van der Waals surface area (Å²) in [5, 5.41) is 6.78. The van der Waals surface area contributed by atoms with Gasteiger partial charge in [0.25, 0.3) is 5.91 Å². The van der Waals surface area contributed by atoms with E-state index >= 15 is 0 Å². The molecule has 5 rings (SSSR count). The van der Waals surface area contributed by atoms with Crippen LogP contribution in [0.2, 0.25) is 0 Å². The van der Waals surface area contributed by atoms with Gasteiger partial charge in [-0.15, -0.1) is 0 Å². The Morgan fingerprint density at radius 1 is 1.23 bits per heavy atom. The number of H-pyrrole nitrogens is 1. The number of hydrogen-bond donors (Lipinski definition) is 2. The van der Waals surface area contributed by atoms with Crippen LogP contribution in [0.3, 0.4) is 0 Å².